The van der Waals surface area contributed by atoms with Crippen LogP contribution in [0.5, 0.6) is 0 Å². The fourth-order valence-electron chi connectivity index (χ4n) is 2.58. The topological polar surface area (TPSA) is 29.3 Å². The van der Waals surface area contributed by atoms with Crippen molar-refractivity contribution >= 4 is 5.69 Å². The molecule has 2 nitrogen and oxygen atoms in total. The summed E-state index contributed by atoms with van der Waals surface area (Å²) in [5, 5.41) is 0. The number of alkyl halides is 3. The highest BCUT2D eigenvalue weighted by atomic mass is 19.4. The van der Waals surface area contributed by atoms with Gasteiger partial charge in [0.25, 0.3) is 0 Å². The Balaban J connectivity index is 2.05. The Kier molecular flexibility index (Phi) is 4.04. The summed E-state index contributed by atoms with van der Waals surface area (Å²) in [5.74, 6) is -1.19. The lowest BCUT2D eigenvalue weighted by atomic mass is 9.96. The SMILES string of the molecule is Cc1c(N)cccc1CN1CCCC(C(F)(F)F)C1. The zero-order valence-electron chi connectivity index (χ0n) is 11.0. The molecular weight excluding hydrogens is 253 g/mol. The number of nitrogen functional groups attached to an aromatic ring is 1. The van der Waals surface area contributed by atoms with Crippen molar-refractivity contribution < 1.29 is 13.2 Å². The van der Waals surface area contributed by atoms with Crippen molar-refractivity contribution in [3.63, 3.8) is 0 Å². The van der Waals surface area contributed by atoms with E-state index < -0.39 is 12.1 Å². The minimum Gasteiger partial charge on any atom is -0.399 e. The van der Waals surface area contributed by atoms with Crippen molar-refractivity contribution in [3.05, 3.63) is 29.3 Å². The van der Waals surface area contributed by atoms with Gasteiger partial charge in [-0.2, -0.15) is 13.2 Å². The molecule has 0 amide bonds. The van der Waals surface area contributed by atoms with Gasteiger partial charge in [-0.1, -0.05) is 12.1 Å². The highest BCUT2D eigenvalue weighted by molar-refractivity contribution is 5.49. The largest absolute Gasteiger partial charge is 0.399 e. The molecule has 1 unspecified atom stereocenters. The zero-order chi connectivity index (χ0) is 14.0. The van der Waals surface area contributed by atoms with Crippen LogP contribution < -0.4 is 5.73 Å². The van der Waals surface area contributed by atoms with Gasteiger partial charge in [-0.3, -0.25) is 4.90 Å². The van der Waals surface area contributed by atoms with E-state index in [2.05, 4.69) is 0 Å². The van der Waals surface area contributed by atoms with Crippen LogP contribution in [0.2, 0.25) is 0 Å². The summed E-state index contributed by atoms with van der Waals surface area (Å²) in [5.41, 5.74) is 8.51. The van der Waals surface area contributed by atoms with Gasteiger partial charge in [0.1, 0.15) is 0 Å². The van der Waals surface area contributed by atoms with Crippen LogP contribution in [0.25, 0.3) is 0 Å². The molecular formula is C14H19F3N2. The maximum Gasteiger partial charge on any atom is 0.393 e. The van der Waals surface area contributed by atoms with E-state index in [1.165, 1.54) is 0 Å². The van der Waals surface area contributed by atoms with Crippen LogP contribution in [0.3, 0.4) is 0 Å². The van der Waals surface area contributed by atoms with Gasteiger partial charge in [-0.25, -0.2) is 0 Å². The number of nitrogens with zero attached hydrogens (tertiary/aromatic N) is 1. The summed E-state index contributed by atoms with van der Waals surface area (Å²) in [6, 6.07) is 5.60. The summed E-state index contributed by atoms with van der Waals surface area (Å²) < 4.78 is 38.3. The Hall–Kier alpha value is -1.23. The maximum atomic E-state index is 12.8. The second-order valence-electron chi connectivity index (χ2n) is 5.25. The number of anilines is 1. The van der Waals surface area contributed by atoms with Gasteiger partial charge in [0, 0.05) is 18.8 Å². The monoisotopic (exact) mass is 272 g/mol. The first-order chi connectivity index (χ1) is 8.88. The first kappa shape index (κ1) is 14.2. The lowest BCUT2D eigenvalue weighted by Crippen LogP contribution is -2.41. The second-order valence-corrected chi connectivity index (χ2v) is 5.25. The van der Waals surface area contributed by atoms with Gasteiger partial charge in [0.15, 0.2) is 0 Å². The molecule has 1 aliphatic heterocycles. The van der Waals surface area contributed by atoms with Crippen LogP contribution in [0.1, 0.15) is 24.0 Å². The summed E-state index contributed by atoms with van der Waals surface area (Å²) in [7, 11) is 0. The number of rotatable bonds is 2. The summed E-state index contributed by atoms with van der Waals surface area (Å²) in [6.07, 6.45) is -3.23. The molecule has 2 N–H and O–H groups in total. The van der Waals surface area contributed by atoms with Gasteiger partial charge in [0.2, 0.25) is 0 Å². The number of nitrogens with two attached hydrogens (primary N) is 1. The van der Waals surface area contributed by atoms with Crippen LogP contribution in [0.15, 0.2) is 18.2 Å². The van der Waals surface area contributed by atoms with Gasteiger partial charge in [-0.15, -0.1) is 0 Å². The van der Waals surface area contributed by atoms with Crippen LogP contribution in [0, 0.1) is 12.8 Å². The Morgan fingerprint density at radius 1 is 1.37 bits per heavy atom. The first-order valence-corrected chi connectivity index (χ1v) is 6.51. The average molecular weight is 272 g/mol. The van der Waals surface area contributed by atoms with Crippen molar-refractivity contribution in [1.82, 2.24) is 4.90 Å². The fraction of sp³-hybridized carbons (Fsp3) is 0.571. The Labute approximate surface area is 111 Å². The number of hydrogen-bond acceptors (Lipinski definition) is 2. The third-order valence-corrected chi connectivity index (χ3v) is 3.85. The smallest absolute Gasteiger partial charge is 0.393 e. The summed E-state index contributed by atoms with van der Waals surface area (Å²) >= 11 is 0. The number of benzene rings is 1. The molecule has 1 aromatic rings. The normalized spacial score (nSPS) is 21.6. The standard InChI is InChI=1S/C14H19F3N2/c1-10-11(4-2-6-13(10)18)8-19-7-3-5-12(9-19)14(15,16)17/h2,4,6,12H,3,5,7-9,18H2,1H3. The van der Waals surface area contributed by atoms with E-state index in [9.17, 15) is 13.2 Å². The van der Waals surface area contributed by atoms with Gasteiger partial charge >= 0.3 is 6.18 Å². The van der Waals surface area contributed by atoms with E-state index in [0.717, 1.165) is 17.7 Å². The number of piperidine rings is 1. The van der Waals surface area contributed by atoms with Crippen molar-refractivity contribution in [2.75, 3.05) is 18.8 Å². The molecule has 0 bridgehead atoms. The van der Waals surface area contributed by atoms with E-state index in [1.54, 1.807) is 0 Å². The maximum absolute atomic E-state index is 12.8. The van der Waals surface area contributed by atoms with Crippen molar-refractivity contribution in [3.8, 4) is 0 Å². The fourth-order valence-corrected chi connectivity index (χ4v) is 2.58. The minimum atomic E-state index is -4.08. The molecule has 1 aromatic carbocycles. The summed E-state index contributed by atoms with van der Waals surface area (Å²) in [4.78, 5) is 1.88. The third-order valence-electron chi connectivity index (χ3n) is 3.85. The highest BCUT2D eigenvalue weighted by Gasteiger charge is 2.41. The molecule has 0 saturated carbocycles. The van der Waals surface area contributed by atoms with Crippen molar-refractivity contribution in [1.29, 1.82) is 0 Å². The molecule has 5 heteroatoms. The molecule has 2 rings (SSSR count). The lowest BCUT2D eigenvalue weighted by Gasteiger charge is -2.34. The molecule has 0 aliphatic carbocycles. The van der Waals surface area contributed by atoms with Gasteiger partial charge in [-0.05, 0) is 43.5 Å². The molecule has 1 aliphatic rings. The molecule has 1 atom stereocenters. The van der Waals surface area contributed by atoms with E-state index in [4.69, 9.17) is 5.73 Å². The van der Waals surface area contributed by atoms with Gasteiger partial charge in [0.05, 0.1) is 5.92 Å². The first-order valence-electron chi connectivity index (χ1n) is 6.51. The van der Waals surface area contributed by atoms with Crippen molar-refractivity contribution in [2.45, 2.75) is 32.5 Å². The Bertz CT molecular complexity index is 443. The zero-order valence-corrected chi connectivity index (χ0v) is 11.0. The van der Waals surface area contributed by atoms with Crippen LogP contribution >= 0.6 is 0 Å². The number of hydrogen-bond donors (Lipinski definition) is 1. The molecule has 0 radical (unpaired) electrons. The molecule has 0 aromatic heterocycles. The molecule has 19 heavy (non-hydrogen) atoms. The second kappa shape index (κ2) is 5.41. The van der Waals surface area contributed by atoms with E-state index in [1.807, 2.05) is 30.0 Å². The Morgan fingerprint density at radius 3 is 2.79 bits per heavy atom. The quantitative estimate of drug-likeness (QED) is 0.837. The van der Waals surface area contributed by atoms with E-state index >= 15 is 0 Å². The third kappa shape index (κ3) is 3.41. The van der Waals surface area contributed by atoms with E-state index in [0.29, 0.717) is 18.7 Å². The minimum absolute atomic E-state index is 0.0950. The van der Waals surface area contributed by atoms with Gasteiger partial charge < -0.3 is 5.73 Å². The van der Waals surface area contributed by atoms with Crippen LogP contribution in [-0.2, 0) is 6.54 Å². The van der Waals surface area contributed by atoms with Crippen molar-refractivity contribution in [2.24, 2.45) is 5.92 Å². The predicted molar refractivity (Wildman–Crippen MR) is 69.6 cm³/mol. The number of likely N-dealkylation sites (tertiary alicyclic amines) is 1. The van der Waals surface area contributed by atoms with E-state index in [-0.39, 0.29) is 13.0 Å². The molecule has 0 spiro atoms. The average Bonchev–Trinajstić information content (AvgIpc) is 2.34. The molecule has 1 heterocycles. The van der Waals surface area contributed by atoms with Crippen LogP contribution in [0.4, 0.5) is 18.9 Å². The highest BCUT2D eigenvalue weighted by Crippen LogP contribution is 2.33. The Morgan fingerprint density at radius 2 is 2.11 bits per heavy atom. The predicted octanol–water partition coefficient (Wildman–Crippen LogP) is 3.35. The molecule has 1 saturated heterocycles. The number of halogens is 3. The lowest BCUT2D eigenvalue weighted by molar-refractivity contribution is -0.187. The molecule has 106 valence electrons. The molecule has 1 fully saturated rings. The summed E-state index contributed by atoms with van der Waals surface area (Å²) in [6.45, 7) is 3.28. The van der Waals surface area contributed by atoms with Crippen LogP contribution in [-0.4, -0.2) is 24.2 Å².